The Bertz CT molecular complexity index is 959. The number of thiocarbonyl (C=S) groups is 1. The number of nitrogens with one attached hydrogen (secondary N) is 2. The number of aromatic nitrogens is 4. The second-order valence-electron chi connectivity index (χ2n) is 5.93. The molecule has 0 spiro atoms. The SMILES string of the molecule is Cc1c(NC(=S)NC(=O)C(C)C)cccc1-c1nn2c(C)nnc2s1. The number of anilines is 1. The number of nitrogens with zero attached hydrogens (tertiary/aromatic N) is 4. The molecule has 0 saturated heterocycles. The molecule has 9 heteroatoms. The van der Waals surface area contributed by atoms with Gasteiger partial charge < -0.3 is 10.6 Å². The predicted molar refractivity (Wildman–Crippen MR) is 103 cm³/mol. The molecule has 0 saturated carbocycles. The van der Waals surface area contributed by atoms with Crippen LogP contribution >= 0.6 is 23.6 Å². The minimum Gasteiger partial charge on any atom is -0.332 e. The number of rotatable bonds is 3. The molecule has 0 aliphatic heterocycles. The topological polar surface area (TPSA) is 84.2 Å². The lowest BCUT2D eigenvalue weighted by Gasteiger charge is -2.14. The van der Waals surface area contributed by atoms with Gasteiger partial charge >= 0.3 is 0 Å². The summed E-state index contributed by atoms with van der Waals surface area (Å²) in [6, 6.07) is 5.84. The lowest BCUT2D eigenvalue weighted by Crippen LogP contribution is -2.36. The minimum absolute atomic E-state index is 0.115. The molecule has 2 heterocycles. The van der Waals surface area contributed by atoms with E-state index in [4.69, 9.17) is 12.2 Å². The lowest BCUT2D eigenvalue weighted by atomic mass is 10.1. The summed E-state index contributed by atoms with van der Waals surface area (Å²) in [4.78, 5) is 12.5. The molecule has 3 rings (SSSR count). The Morgan fingerprint density at radius 1 is 1.28 bits per heavy atom. The molecule has 1 amide bonds. The van der Waals surface area contributed by atoms with Crippen molar-refractivity contribution in [2.75, 3.05) is 5.32 Å². The average molecular weight is 374 g/mol. The zero-order valence-corrected chi connectivity index (χ0v) is 16.0. The van der Waals surface area contributed by atoms with Crippen LogP contribution in [0.3, 0.4) is 0 Å². The maximum atomic E-state index is 11.8. The minimum atomic E-state index is -0.129. The number of fused-ring (bicyclic) bond motifs is 1. The summed E-state index contributed by atoms with van der Waals surface area (Å²) in [7, 11) is 0. The van der Waals surface area contributed by atoms with Crippen molar-refractivity contribution in [1.82, 2.24) is 25.1 Å². The quantitative estimate of drug-likeness (QED) is 0.686. The van der Waals surface area contributed by atoms with Gasteiger partial charge in [-0.1, -0.05) is 37.3 Å². The van der Waals surface area contributed by atoms with Gasteiger partial charge in [-0.2, -0.15) is 9.61 Å². The first kappa shape index (κ1) is 17.4. The molecule has 25 heavy (non-hydrogen) atoms. The van der Waals surface area contributed by atoms with Gasteiger partial charge in [0.05, 0.1) is 0 Å². The Balaban J connectivity index is 1.87. The summed E-state index contributed by atoms with van der Waals surface area (Å²) < 4.78 is 1.73. The van der Waals surface area contributed by atoms with Crippen LogP contribution in [0, 0.1) is 19.8 Å². The molecule has 130 valence electrons. The van der Waals surface area contributed by atoms with Crippen LogP contribution in [0.15, 0.2) is 18.2 Å². The van der Waals surface area contributed by atoms with Crippen LogP contribution in [0.1, 0.15) is 25.2 Å². The summed E-state index contributed by atoms with van der Waals surface area (Å²) in [6.45, 7) is 7.49. The third kappa shape index (κ3) is 3.52. The maximum Gasteiger partial charge on any atom is 0.234 e. The Hall–Kier alpha value is -2.39. The van der Waals surface area contributed by atoms with Crippen molar-refractivity contribution in [3.8, 4) is 10.6 Å². The highest BCUT2D eigenvalue weighted by Gasteiger charge is 2.15. The van der Waals surface area contributed by atoms with Crippen molar-refractivity contribution in [3.63, 3.8) is 0 Å². The molecule has 0 aliphatic carbocycles. The molecule has 3 aromatic rings. The standard InChI is InChI=1S/C16H18N6OS2/c1-8(2)13(23)18-15(24)17-12-7-5-6-11(9(12)3)14-21-22-10(4)19-20-16(22)25-14/h5-8H,1-4H3,(H2,17,18,23,24). The highest BCUT2D eigenvalue weighted by Crippen LogP contribution is 2.31. The monoisotopic (exact) mass is 374 g/mol. The van der Waals surface area contributed by atoms with Gasteiger partial charge in [0.2, 0.25) is 10.9 Å². The molecule has 2 N–H and O–H groups in total. The summed E-state index contributed by atoms with van der Waals surface area (Å²) in [6.07, 6.45) is 0. The van der Waals surface area contributed by atoms with E-state index in [0.29, 0.717) is 0 Å². The van der Waals surface area contributed by atoms with E-state index >= 15 is 0 Å². The highest BCUT2D eigenvalue weighted by molar-refractivity contribution is 7.80. The Labute approximate surface area is 154 Å². The fraction of sp³-hybridized carbons (Fsp3) is 0.312. The molecule has 2 aromatic heterocycles. The number of benzene rings is 1. The van der Waals surface area contributed by atoms with Crippen molar-refractivity contribution in [1.29, 1.82) is 0 Å². The summed E-state index contributed by atoms with van der Waals surface area (Å²) in [5, 5.41) is 19.6. The van der Waals surface area contributed by atoms with Crippen molar-refractivity contribution in [2.45, 2.75) is 27.7 Å². The summed E-state index contributed by atoms with van der Waals surface area (Å²) >= 11 is 6.70. The largest absolute Gasteiger partial charge is 0.332 e. The van der Waals surface area contributed by atoms with Gasteiger partial charge in [0, 0.05) is 17.2 Å². The number of hydrogen-bond donors (Lipinski definition) is 2. The second-order valence-corrected chi connectivity index (χ2v) is 7.29. The van der Waals surface area contributed by atoms with Gasteiger partial charge in [0.25, 0.3) is 0 Å². The van der Waals surface area contributed by atoms with Gasteiger partial charge in [-0.25, -0.2) is 0 Å². The van der Waals surface area contributed by atoms with Crippen LogP contribution < -0.4 is 10.6 Å². The van der Waals surface area contributed by atoms with Crippen molar-refractivity contribution in [3.05, 3.63) is 29.6 Å². The number of amides is 1. The molecule has 0 radical (unpaired) electrons. The number of carbonyl (C=O) groups is 1. The smallest absolute Gasteiger partial charge is 0.234 e. The Morgan fingerprint density at radius 2 is 2.04 bits per heavy atom. The number of aryl methyl sites for hydroxylation is 1. The molecule has 7 nitrogen and oxygen atoms in total. The van der Waals surface area contributed by atoms with E-state index in [0.717, 1.165) is 32.6 Å². The molecule has 0 atom stereocenters. The molecular weight excluding hydrogens is 356 g/mol. The zero-order chi connectivity index (χ0) is 18.1. The van der Waals surface area contributed by atoms with Crippen LogP contribution in [0.4, 0.5) is 5.69 Å². The Kier molecular flexibility index (Phi) is 4.78. The first-order valence-corrected chi connectivity index (χ1v) is 9.00. The normalized spacial score (nSPS) is 11.1. The predicted octanol–water partition coefficient (Wildman–Crippen LogP) is 2.94. The van der Waals surface area contributed by atoms with Gasteiger partial charge in [0.1, 0.15) is 5.01 Å². The van der Waals surface area contributed by atoms with Gasteiger partial charge in [0.15, 0.2) is 10.9 Å². The average Bonchev–Trinajstić information content (AvgIpc) is 3.11. The van der Waals surface area contributed by atoms with Crippen LogP contribution in [0.2, 0.25) is 0 Å². The molecule has 1 aromatic carbocycles. The van der Waals surface area contributed by atoms with Crippen molar-refractivity contribution >= 4 is 45.2 Å². The van der Waals surface area contributed by atoms with Crippen molar-refractivity contribution in [2.24, 2.45) is 5.92 Å². The van der Waals surface area contributed by atoms with Crippen LogP contribution in [-0.4, -0.2) is 30.8 Å². The first-order chi connectivity index (χ1) is 11.9. The molecule has 0 fully saturated rings. The zero-order valence-electron chi connectivity index (χ0n) is 14.3. The van der Waals surface area contributed by atoms with Crippen LogP contribution in [0.25, 0.3) is 15.5 Å². The molecule has 0 aliphatic rings. The van der Waals surface area contributed by atoms with E-state index in [1.54, 1.807) is 4.52 Å². The van der Waals surface area contributed by atoms with E-state index in [2.05, 4.69) is 25.9 Å². The summed E-state index contributed by atoms with van der Waals surface area (Å²) in [5.41, 5.74) is 2.80. The van der Waals surface area contributed by atoms with Gasteiger partial charge in [-0.15, -0.1) is 10.2 Å². The lowest BCUT2D eigenvalue weighted by molar-refractivity contribution is -0.122. The van der Waals surface area contributed by atoms with E-state index in [1.165, 1.54) is 11.3 Å². The number of hydrogen-bond acceptors (Lipinski definition) is 6. The molecular formula is C16H18N6OS2. The van der Waals surface area contributed by atoms with Crippen molar-refractivity contribution < 1.29 is 4.79 Å². The van der Waals surface area contributed by atoms with E-state index in [9.17, 15) is 4.79 Å². The highest BCUT2D eigenvalue weighted by atomic mass is 32.1. The first-order valence-electron chi connectivity index (χ1n) is 7.77. The van der Waals surface area contributed by atoms with Gasteiger partial charge in [-0.3, -0.25) is 4.79 Å². The fourth-order valence-corrected chi connectivity index (χ4v) is 3.41. The van der Waals surface area contributed by atoms with E-state index in [-0.39, 0.29) is 16.9 Å². The van der Waals surface area contributed by atoms with Crippen LogP contribution in [0.5, 0.6) is 0 Å². The molecule has 0 unspecified atom stereocenters. The van der Waals surface area contributed by atoms with Gasteiger partial charge in [-0.05, 0) is 37.7 Å². The fourth-order valence-electron chi connectivity index (χ4n) is 2.24. The third-order valence-corrected chi connectivity index (χ3v) is 4.86. The van der Waals surface area contributed by atoms with E-state index < -0.39 is 0 Å². The van der Waals surface area contributed by atoms with Crippen LogP contribution in [-0.2, 0) is 4.79 Å². The third-order valence-electron chi connectivity index (χ3n) is 3.72. The maximum absolute atomic E-state index is 11.8. The molecule has 0 bridgehead atoms. The summed E-state index contributed by atoms with van der Waals surface area (Å²) in [5.74, 6) is 0.507. The Morgan fingerprint density at radius 3 is 2.72 bits per heavy atom. The second kappa shape index (κ2) is 6.85. The van der Waals surface area contributed by atoms with E-state index in [1.807, 2.05) is 45.9 Å². The number of carbonyl (C=O) groups excluding carboxylic acids is 1.